The van der Waals surface area contributed by atoms with E-state index in [1.807, 2.05) is 20.8 Å². The molecule has 0 aromatic carbocycles. The highest BCUT2D eigenvalue weighted by atomic mass is 16.6. The molecule has 4 rings (SSSR count). The summed E-state index contributed by atoms with van der Waals surface area (Å²) in [4.78, 5) is 86.9. The molecule has 5 amide bonds. The van der Waals surface area contributed by atoms with Gasteiger partial charge in [-0.25, -0.2) is 9.59 Å². The Balaban J connectivity index is 1.50. The average molecular weight is 697 g/mol. The van der Waals surface area contributed by atoms with Gasteiger partial charge in [0, 0.05) is 12.7 Å². The lowest BCUT2D eigenvalue weighted by atomic mass is 9.85. The number of nitrogens with zero attached hydrogens (tertiary/aromatic N) is 2. The van der Waals surface area contributed by atoms with E-state index < -0.39 is 70.7 Å². The van der Waals surface area contributed by atoms with Gasteiger partial charge in [-0.05, 0) is 73.8 Å². The number of piperidine rings is 1. The third-order valence-electron chi connectivity index (χ3n) is 10.0. The van der Waals surface area contributed by atoms with Crippen molar-refractivity contribution >= 4 is 35.5 Å². The van der Waals surface area contributed by atoms with Crippen LogP contribution in [0.1, 0.15) is 94.2 Å². The molecule has 1 aliphatic heterocycles. The number of likely N-dealkylation sites (tertiary alicyclic amines) is 1. The fraction of sp³-hybridized carbons (Fsp3) is 0.703. The first-order chi connectivity index (χ1) is 23.1. The van der Waals surface area contributed by atoms with Crippen LogP contribution in [0.5, 0.6) is 0 Å². The normalized spacial score (nSPS) is 22.8. The van der Waals surface area contributed by atoms with Gasteiger partial charge in [0.2, 0.25) is 17.6 Å². The summed E-state index contributed by atoms with van der Waals surface area (Å²) in [5.74, 6) is -3.23. The van der Waals surface area contributed by atoms with E-state index in [-0.39, 0.29) is 35.6 Å². The Morgan fingerprint density at radius 3 is 2.18 bits per heavy atom. The first-order valence-corrected chi connectivity index (χ1v) is 17.7. The van der Waals surface area contributed by atoms with Crippen molar-refractivity contribution in [3.05, 3.63) is 30.1 Å². The molecule has 0 spiro atoms. The van der Waals surface area contributed by atoms with E-state index in [0.717, 1.165) is 12.8 Å². The Morgan fingerprint density at radius 2 is 1.64 bits per heavy atom. The highest BCUT2D eigenvalue weighted by molar-refractivity contribution is 6.38. The number of carbonyl (C=O) groups is 6. The van der Waals surface area contributed by atoms with Crippen molar-refractivity contribution in [3.8, 4) is 0 Å². The van der Waals surface area contributed by atoms with Crippen LogP contribution in [0.3, 0.4) is 0 Å². The maximum atomic E-state index is 14.4. The molecule has 2 heterocycles. The molecular weight excluding hydrogens is 640 g/mol. The minimum absolute atomic E-state index is 0.0494. The molecule has 4 N–H and O–H groups in total. The number of rotatable bonds is 13. The van der Waals surface area contributed by atoms with Crippen LogP contribution in [-0.2, 0) is 35.3 Å². The number of amides is 5. The molecule has 3 fully saturated rings. The van der Waals surface area contributed by atoms with Crippen LogP contribution in [0.2, 0.25) is 0 Å². The maximum absolute atomic E-state index is 14.4. The van der Waals surface area contributed by atoms with Crippen molar-refractivity contribution in [1.82, 2.24) is 31.2 Å². The van der Waals surface area contributed by atoms with Crippen LogP contribution in [0.25, 0.3) is 0 Å². The van der Waals surface area contributed by atoms with Crippen LogP contribution in [0.4, 0.5) is 4.79 Å². The average Bonchev–Trinajstić information content (AvgIpc) is 3.86. The lowest BCUT2D eigenvalue weighted by molar-refractivity contribution is -0.158. The third kappa shape index (κ3) is 9.39. The van der Waals surface area contributed by atoms with E-state index in [1.54, 1.807) is 59.0 Å². The van der Waals surface area contributed by atoms with Gasteiger partial charge in [0.15, 0.2) is 0 Å². The molecule has 276 valence electrons. The number of aromatic nitrogens is 1. The molecule has 0 bridgehead atoms. The minimum atomic E-state index is -1.05. The number of pyridine rings is 1. The SMILES string of the molecule is CC(C)[C@H](NC(=O)N[C@H](C(=O)N1C[C@H]2[C@@H]([C@H]1C(=O)NC(CC1CC1)C(=O)C(=O)NCc1ccccn1)C2(C)C)C(C)(C)C)C(=O)OC(C)(C)C. The van der Waals surface area contributed by atoms with Crippen molar-refractivity contribution in [1.29, 1.82) is 0 Å². The van der Waals surface area contributed by atoms with Crippen LogP contribution in [0, 0.1) is 34.5 Å². The molecule has 0 radical (unpaired) electrons. The van der Waals surface area contributed by atoms with E-state index in [1.165, 1.54) is 4.90 Å². The number of ketones is 1. The second-order valence-corrected chi connectivity index (χ2v) is 17.2. The molecule has 50 heavy (non-hydrogen) atoms. The Labute approximate surface area is 295 Å². The number of carbonyl (C=O) groups excluding carboxylic acids is 6. The van der Waals surface area contributed by atoms with Gasteiger partial charge in [-0.1, -0.05) is 67.4 Å². The summed E-state index contributed by atoms with van der Waals surface area (Å²) >= 11 is 0. The number of ether oxygens (including phenoxy) is 1. The molecular formula is C37H56N6O7. The quantitative estimate of drug-likeness (QED) is 0.180. The number of urea groups is 1. The molecule has 1 unspecified atom stereocenters. The first-order valence-electron chi connectivity index (χ1n) is 17.7. The highest BCUT2D eigenvalue weighted by Crippen LogP contribution is 2.65. The van der Waals surface area contributed by atoms with Crippen LogP contribution in [0.15, 0.2) is 24.4 Å². The second-order valence-electron chi connectivity index (χ2n) is 17.2. The highest BCUT2D eigenvalue weighted by Gasteiger charge is 2.70. The van der Waals surface area contributed by atoms with Crippen molar-refractivity contribution in [3.63, 3.8) is 0 Å². The first kappa shape index (κ1) is 38.8. The zero-order chi connectivity index (χ0) is 37.3. The lowest BCUT2D eigenvalue weighted by Crippen LogP contribution is -2.62. The number of fused-ring (bicyclic) bond motifs is 1. The van der Waals surface area contributed by atoms with Gasteiger partial charge in [0.05, 0.1) is 18.3 Å². The molecule has 1 saturated heterocycles. The summed E-state index contributed by atoms with van der Waals surface area (Å²) in [6, 6.07) is 0.627. The Hall–Kier alpha value is -4.03. The van der Waals surface area contributed by atoms with Gasteiger partial charge in [0.1, 0.15) is 23.7 Å². The fourth-order valence-electron chi connectivity index (χ4n) is 6.90. The van der Waals surface area contributed by atoms with E-state index in [0.29, 0.717) is 18.7 Å². The molecule has 1 aromatic rings. The molecule has 13 nitrogen and oxygen atoms in total. The summed E-state index contributed by atoms with van der Waals surface area (Å²) in [5.41, 5.74) is -1.14. The van der Waals surface area contributed by atoms with Crippen molar-refractivity contribution in [2.45, 2.75) is 125 Å². The summed E-state index contributed by atoms with van der Waals surface area (Å²) in [5, 5.41) is 11.0. The largest absolute Gasteiger partial charge is 0.458 e. The molecule has 13 heteroatoms. The topological polar surface area (TPSA) is 176 Å². The van der Waals surface area contributed by atoms with Gasteiger partial charge in [0.25, 0.3) is 5.91 Å². The minimum Gasteiger partial charge on any atom is -0.458 e. The molecule has 2 saturated carbocycles. The predicted molar refractivity (Wildman–Crippen MR) is 186 cm³/mol. The zero-order valence-corrected chi connectivity index (χ0v) is 31.2. The number of hydrogen-bond acceptors (Lipinski definition) is 8. The van der Waals surface area contributed by atoms with Crippen molar-refractivity contribution in [2.24, 2.45) is 34.5 Å². The standard InChI is InChI=1S/C37H56N6O7/c1-20(2)26(33(48)50-36(6,7)8)41-34(49)42-29(35(3,4)5)32(47)43-19-23-25(37(23,9)10)27(43)30(45)40-24(17-21-14-15-21)28(44)31(46)39-18-22-13-11-12-16-38-22/h11-13,16,20-21,23-27,29H,14-15,17-19H2,1-10H3,(H,39,46)(H,40,45)(H2,41,42,49)/t23-,24?,25-,26-,27-,29+/m0/s1. The van der Waals surface area contributed by atoms with Crippen LogP contribution in [-0.4, -0.2) is 81.7 Å². The van der Waals surface area contributed by atoms with E-state index in [2.05, 4.69) is 40.1 Å². The molecule has 2 aliphatic carbocycles. The van der Waals surface area contributed by atoms with Gasteiger partial charge >= 0.3 is 12.0 Å². The van der Waals surface area contributed by atoms with Gasteiger partial charge in [-0.3, -0.25) is 24.2 Å². The summed E-state index contributed by atoms with van der Waals surface area (Å²) in [6.45, 7) is 18.7. The van der Waals surface area contributed by atoms with Crippen molar-refractivity contribution < 1.29 is 33.5 Å². The fourth-order valence-corrected chi connectivity index (χ4v) is 6.90. The second kappa shape index (κ2) is 14.7. The summed E-state index contributed by atoms with van der Waals surface area (Å²) in [6.07, 6.45) is 3.75. The smallest absolute Gasteiger partial charge is 0.329 e. The number of esters is 1. The van der Waals surface area contributed by atoms with Gasteiger partial charge in [-0.2, -0.15) is 0 Å². The Morgan fingerprint density at radius 1 is 0.980 bits per heavy atom. The number of Topliss-reactive ketones (excluding diaryl/α,β-unsaturated/α-hetero) is 1. The Kier molecular flexibility index (Phi) is 11.4. The van der Waals surface area contributed by atoms with Gasteiger partial charge < -0.3 is 30.9 Å². The van der Waals surface area contributed by atoms with Crippen LogP contribution >= 0.6 is 0 Å². The third-order valence-corrected chi connectivity index (χ3v) is 10.0. The number of nitrogens with one attached hydrogen (secondary N) is 4. The monoisotopic (exact) mass is 696 g/mol. The van der Waals surface area contributed by atoms with E-state index in [9.17, 15) is 28.8 Å². The van der Waals surface area contributed by atoms with E-state index in [4.69, 9.17) is 4.74 Å². The lowest BCUT2D eigenvalue weighted by Gasteiger charge is -2.38. The summed E-state index contributed by atoms with van der Waals surface area (Å²) in [7, 11) is 0. The van der Waals surface area contributed by atoms with Crippen molar-refractivity contribution in [2.75, 3.05) is 6.54 Å². The number of hydrogen-bond donors (Lipinski definition) is 4. The maximum Gasteiger partial charge on any atom is 0.329 e. The molecule has 1 aromatic heterocycles. The van der Waals surface area contributed by atoms with Gasteiger partial charge in [-0.15, -0.1) is 0 Å². The van der Waals surface area contributed by atoms with E-state index >= 15 is 0 Å². The van der Waals surface area contributed by atoms with Crippen LogP contribution < -0.4 is 21.3 Å². The zero-order valence-electron chi connectivity index (χ0n) is 31.2. The molecule has 3 aliphatic rings. The molecule has 6 atom stereocenters. The predicted octanol–water partition coefficient (Wildman–Crippen LogP) is 3.12. The Bertz CT molecular complexity index is 1460. The summed E-state index contributed by atoms with van der Waals surface area (Å²) < 4.78 is 5.51.